The topological polar surface area (TPSA) is 67.9 Å². The third-order valence-corrected chi connectivity index (χ3v) is 3.07. The quantitative estimate of drug-likeness (QED) is 0.725. The predicted molar refractivity (Wildman–Crippen MR) is 75.4 cm³/mol. The number of methoxy groups -OCH3 is 1. The molecule has 0 saturated carbocycles. The summed E-state index contributed by atoms with van der Waals surface area (Å²) in [4.78, 5) is 23.6. The van der Waals surface area contributed by atoms with Crippen LogP contribution in [0.5, 0.6) is 0 Å². The fraction of sp³-hybridized carbons (Fsp3) is 0.133. The van der Waals surface area contributed by atoms with Crippen molar-refractivity contribution in [3.63, 3.8) is 0 Å². The van der Waals surface area contributed by atoms with E-state index in [1.165, 1.54) is 7.11 Å². The summed E-state index contributed by atoms with van der Waals surface area (Å²) in [5.41, 5.74) is 3.79. The zero-order chi connectivity index (χ0) is 14.1. The molecule has 0 aliphatic rings. The molecule has 0 amide bonds. The van der Waals surface area contributed by atoms with Gasteiger partial charge in [0.15, 0.2) is 0 Å². The Labute approximate surface area is 115 Å². The van der Waals surface area contributed by atoms with Gasteiger partial charge in [-0.3, -0.25) is 4.98 Å². The Morgan fingerprint density at radius 3 is 2.90 bits per heavy atom. The molecule has 2 aromatic heterocycles. The predicted octanol–water partition coefficient (Wildman–Crippen LogP) is 2.72. The second-order valence-corrected chi connectivity index (χ2v) is 4.53. The first-order valence-corrected chi connectivity index (χ1v) is 6.18. The number of carbonyl (C=O) groups is 1. The Morgan fingerprint density at radius 2 is 2.15 bits per heavy atom. The Morgan fingerprint density at radius 1 is 1.30 bits per heavy atom. The highest BCUT2D eigenvalue weighted by molar-refractivity contribution is 6.02. The van der Waals surface area contributed by atoms with Gasteiger partial charge in [-0.05, 0) is 30.7 Å². The molecule has 0 atom stereocenters. The number of ether oxygens (including phenoxy) is 1. The summed E-state index contributed by atoms with van der Waals surface area (Å²) in [6, 6.07) is 7.36. The molecule has 0 spiro atoms. The highest BCUT2D eigenvalue weighted by Crippen LogP contribution is 2.23. The molecule has 1 N–H and O–H groups in total. The number of aromatic nitrogens is 3. The fourth-order valence-corrected chi connectivity index (χ4v) is 2.13. The number of fused-ring (bicyclic) bond motifs is 1. The Hall–Kier alpha value is -2.69. The molecule has 0 bridgehead atoms. The average Bonchev–Trinajstić information content (AvgIpc) is 2.90. The van der Waals surface area contributed by atoms with Crippen molar-refractivity contribution >= 4 is 17.0 Å². The smallest absolute Gasteiger partial charge is 0.340 e. The lowest BCUT2D eigenvalue weighted by Gasteiger charge is -1.98. The third kappa shape index (κ3) is 2.03. The molecule has 5 heteroatoms. The minimum atomic E-state index is -0.393. The maximum Gasteiger partial charge on any atom is 0.340 e. The molecular formula is C15H13N3O2. The van der Waals surface area contributed by atoms with Gasteiger partial charge in [-0.2, -0.15) is 0 Å². The number of H-pyrrole nitrogens is 1. The van der Waals surface area contributed by atoms with Crippen LogP contribution in [0.4, 0.5) is 0 Å². The molecule has 2 heterocycles. The van der Waals surface area contributed by atoms with Crippen LogP contribution in [-0.4, -0.2) is 28.0 Å². The van der Waals surface area contributed by atoms with E-state index in [2.05, 4.69) is 15.0 Å². The number of hydrogen-bond donors (Lipinski definition) is 1. The van der Waals surface area contributed by atoms with Crippen LogP contribution in [0, 0.1) is 6.92 Å². The minimum Gasteiger partial charge on any atom is -0.465 e. The fourth-order valence-electron chi connectivity index (χ4n) is 2.13. The van der Waals surface area contributed by atoms with E-state index in [4.69, 9.17) is 4.74 Å². The number of benzene rings is 1. The summed E-state index contributed by atoms with van der Waals surface area (Å²) >= 11 is 0. The number of nitrogens with one attached hydrogen (secondary N) is 1. The summed E-state index contributed by atoms with van der Waals surface area (Å²) in [6.45, 7) is 1.97. The van der Waals surface area contributed by atoms with Crippen LogP contribution in [0.2, 0.25) is 0 Å². The SMILES string of the molecule is COC(=O)c1cccc2[nH]c(-c3cncc(C)c3)nc12. The van der Waals surface area contributed by atoms with Crippen molar-refractivity contribution in [2.24, 2.45) is 0 Å². The van der Waals surface area contributed by atoms with Gasteiger partial charge in [-0.25, -0.2) is 9.78 Å². The van der Waals surface area contributed by atoms with Gasteiger partial charge in [0.2, 0.25) is 0 Å². The summed E-state index contributed by atoms with van der Waals surface area (Å²) in [5.74, 6) is 0.295. The molecule has 0 unspecified atom stereocenters. The van der Waals surface area contributed by atoms with Crippen LogP contribution in [0.15, 0.2) is 36.7 Å². The van der Waals surface area contributed by atoms with Crippen LogP contribution in [0.25, 0.3) is 22.4 Å². The van der Waals surface area contributed by atoms with E-state index in [-0.39, 0.29) is 0 Å². The third-order valence-electron chi connectivity index (χ3n) is 3.07. The lowest BCUT2D eigenvalue weighted by molar-refractivity contribution is 0.0603. The van der Waals surface area contributed by atoms with E-state index in [0.29, 0.717) is 16.9 Å². The summed E-state index contributed by atoms with van der Waals surface area (Å²) in [5, 5.41) is 0. The monoisotopic (exact) mass is 267 g/mol. The van der Waals surface area contributed by atoms with Crippen molar-refractivity contribution < 1.29 is 9.53 Å². The Balaban J connectivity index is 2.18. The molecular weight excluding hydrogens is 254 g/mol. The van der Waals surface area contributed by atoms with E-state index in [1.54, 1.807) is 24.5 Å². The number of imidazole rings is 1. The van der Waals surface area contributed by atoms with Crippen molar-refractivity contribution in [3.8, 4) is 11.4 Å². The van der Waals surface area contributed by atoms with Gasteiger partial charge in [0, 0.05) is 18.0 Å². The van der Waals surface area contributed by atoms with E-state index in [1.807, 2.05) is 19.1 Å². The van der Waals surface area contributed by atoms with E-state index < -0.39 is 5.97 Å². The van der Waals surface area contributed by atoms with Crippen LogP contribution in [-0.2, 0) is 4.74 Å². The molecule has 3 rings (SSSR count). The van der Waals surface area contributed by atoms with Crippen molar-refractivity contribution in [2.45, 2.75) is 6.92 Å². The number of aryl methyl sites for hydroxylation is 1. The van der Waals surface area contributed by atoms with Crippen molar-refractivity contribution in [1.82, 2.24) is 15.0 Å². The van der Waals surface area contributed by atoms with Crippen LogP contribution in [0.1, 0.15) is 15.9 Å². The van der Waals surface area contributed by atoms with Gasteiger partial charge >= 0.3 is 5.97 Å². The number of hydrogen-bond acceptors (Lipinski definition) is 4. The molecule has 0 radical (unpaired) electrons. The first-order chi connectivity index (χ1) is 9.69. The van der Waals surface area contributed by atoms with Crippen molar-refractivity contribution in [1.29, 1.82) is 0 Å². The first kappa shape index (κ1) is 12.3. The van der Waals surface area contributed by atoms with Crippen LogP contribution >= 0.6 is 0 Å². The largest absolute Gasteiger partial charge is 0.465 e. The number of pyridine rings is 1. The zero-order valence-corrected chi connectivity index (χ0v) is 11.2. The number of carbonyl (C=O) groups excluding carboxylic acids is 1. The molecule has 0 aliphatic heterocycles. The number of nitrogens with zero attached hydrogens (tertiary/aromatic N) is 2. The van der Waals surface area contributed by atoms with Gasteiger partial charge in [0.05, 0.1) is 18.2 Å². The molecule has 5 nitrogen and oxygen atoms in total. The van der Waals surface area contributed by atoms with E-state index >= 15 is 0 Å². The molecule has 1 aromatic carbocycles. The summed E-state index contributed by atoms with van der Waals surface area (Å²) in [6.07, 6.45) is 3.52. The van der Waals surface area contributed by atoms with Crippen LogP contribution < -0.4 is 0 Å². The first-order valence-electron chi connectivity index (χ1n) is 6.18. The highest BCUT2D eigenvalue weighted by atomic mass is 16.5. The second-order valence-electron chi connectivity index (χ2n) is 4.53. The Bertz CT molecular complexity index is 793. The lowest BCUT2D eigenvalue weighted by atomic mass is 10.2. The maximum atomic E-state index is 11.7. The molecule has 0 fully saturated rings. The number of aromatic amines is 1. The highest BCUT2D eigenvalue weighted by Gasteiger charge is 2.14. The number of esters is 1. The van der Waals surface area contributed by atoms with E-state index in [0.717, 1.165) is 16.6 Å². The normalized spacial score (nSPS) is 10.7. The van der Waals surface area contributed by atoms with Crippen molar-refractivity contribution in [3.05, 3.63) is 47.8 Å². The molecule has 100 valence electrons. The van der Waals surface area contributed by atoms with Crippen molar-refractivity contribution in [2.75, 3.05) is 7.11 Å². The summed E-state index contributed by atoms with van der Waals surface area (Å²) in [7, 11) is 1.36. The van der Waals surface area contributed by atoms with E-state index in [9.17, 15) is 4.79 Å². The zero-order valence-electron chi connectivity index (χ0n) is 11.2. The second kappa shape index (κ2) is 4.77. The maximum absolute atomic E-state index is 11.7. The lowest BCUT2D eigenvalue weighted by Crippen LogP contribution is -2.01. The van der Waals surface area contributed by atoms with Gasteiger partial charge in [0.1, 0.15) is 11.3 Å². The molecule has 0 aliphatic carbocycles. The van der Waals surface area contributed by atoms with Gasteiger partial charge in [-0.15, -0.1) is 0 Å². The molecule has 20 heavy (non-hydrogen) atoms. The standard InChI is InChI=1S/C15H13N3O2/c1-9-6-10(8-16-7-9)14-17-12-5-3-4-11(13(12)18-14)15(19)20-2/h3-8H,1-2H3,(H,17,18). The Kier molecular flexibility index (Phi) is 2.95. The minimum absolute atomic E-state index is 0.393. The number of rotatable bonds is 2. The van der Waals surface area contributed by atoms with Crippen LogP contribution in [0.3, 0.4) is 0 Å². The average molecular weight is 267 g/mol. The molecule has 0 saturated heterocycles. The number of para-hydroxylation sites is 1. The molecule has 3 aromatic rings. The van der Waals surface area contributed by atoms with Gasteiger partial charge < -0.3 is 9.72 Å². The van der Waals surface area contributed by atoms with Gasteiger partial charge in [-0.1, -0.05) is 6.07 Å². The van der Waals surface area contributed by atoms with Gasteiger partial charge in [0.25, 0.3) is 0 Å². The summed E-state index contributed by atoms with van der Waals surface area (Å²) < 4.78 is 4.77.